The Morgan fingerprint density at radius 3 is 2.58 bits per heavy atom. The van der Waals surface area contributed by atoms with Crippen LogP contribution in [0.5, 0.6) is 0 Å². The van der Waals surface area contributed by atoms with Crippen molar-refractivity contribution in [1.82, 2.24) is 19.4 Å². The predicted molar refractivity (Wildman–Crippen MR) is 119 cm³/mol. The Bertz CT molecular complexity index is 1350. The molecule has 2 heterocycles. The Morgan fingerprint density at radius 2 is 1.77 bits per heavy atom. The topological polar surface area (TPSA) is 98.1 Å². The van der Waals surface area contributed by atoms with Gasteiger partial charge in [0.1, 0.15) is 0 Å². The summed E-state index contributed by atoms with van der Waals surface area (Å²) in [5, 5.41) is 3.90. The number of fused-ring (bicyclic) bond motifs is 2. The average molecular weight is 420 g/mol. The molecule has 2 aromatic carbocycles. The Hall–Kier alpha value is -3.65. The second kappa shape index (κ2) is 9.01. The lowest BCUT2D eigenvalue weighted by Gasteiger charge is -2.10. The van der Waals surface area contributed by atoms with Gasteiger partial charge in [0.15, 0.2) is 0 Å². The predicted octanol–water partition coefficient (Wildman–Crippen LogP) is 1.65. The fraction of sp³-hybridized carbons (Fsp3) is 0.261. The highest BCUT2D eigenvalue weighted by Gasteiger charge is 2.12. The van der Waals surface area contributed by atoms with E-state index in [4.69, 9.17) is 4.74 Å². The standard InChI is InChI=1S/C23H24N4O4/c1-31-13-12-26-15-16(17-6-2-4-8-19(17)26)14-21(28)24-10-11-27-20-9-5-3-7-18(20)25-22(29)23(27)30/h2-9,15H,10-14H2,1H3,(H,24,28)(H,25,29). The number of H-pyrrole nitrogens is 1. The number of nitrogens with one attached hydrogen (secondary N) is 2. The number of aromatic nitrogens is 3. The minimum absolute atomic E-state index is 0.142. The molecule has 0 radical (unpaired) electrons. The summed E-state index contributed by atoms with van der Waals surface area (Å²) in [5.74, 6) is -0.142. The Balaban J connectivity index is 1.47. The van der Waals surface area contributed by atoms with E-state index in [1.165, 1.54) is 4.57 Å². The third-order valence-corrected chi connectivity index (χ3v) is 5.30. The number of hydrogen-bond donors (Lipinski definition) is 2. The van der Waals surface area contributed by atoms with Gasteiger partial charge in [0.2, 0.25) is 5.91 Å². The summed E-state index contributed by atoms with van der Waals surface area (Å²) in [7, 11) is 1.66. The van der Waals surface area contributed by atoms with Crippen LogP contribution in [0.15, 0.2) is 64.3 Å². The number of carbonyl (C=O) groups excluding carboxylic acids is 1. The first kappa shape index (κ1) is 20.6. The fourth-order valence-electron chi connectivity index (χ4n) is 3.83. The van der Waals surface area contributed by atoms with Crippen molar-refractivity contribution in [3.05, 3.63) is 81.0 Å². The van der Waals surface area contributed by atoms with Crippen LogP contribution in [-0.2, 0) is 29.0 Å². The van der Waals surface area contributed by atoms with Gasteiger partial charge in [-0.15, -0.1) is 0 Å². The van der Waals surface area contributed by atoms with E-state index in [9.17, 15) is 14.4 Å². The molecule has 4 rings (SSSR count). The molecule has 0 atom stereocenters. The molecule has 1 amide bonds. The van der Waals surface area contributed by atoms with Gasteiger partial charge in [-0.3, -0.25) is 14.4 Å². The van der Waals surface area contributed by atoms with E-state index in [1.807, 2.05) is 30.5 Å². The quantitative estimate of drug-likeness (QED) is 0.424. The maximum atomic E-state index is 12.6. The molecule has 0 saturated carbocycles. The molecular weight excluding hydrogens is 396 g/mol. The summed E-state index contributed by atoms with van der Waals surface area (Å²) in [6.07, 6.45) is 2.21. The number of nitrogens with zero attached hydrogens (tertiary/aromatic N) is 2. The van der Waals surface area contributed by atoms with Crippen LogP contribution in [0.4, 0.5) is 0 Å². The first-order chi connectivity index (χ1) is 15.1. The number of ether oxygens (including phenoxy) is 1. The SMILES string of the molecule is COCCn1cc(CC(=O)NCCn2c(=O)c(=O)[nH]c3ccccc32)c2ccccc21. The van der Waals surface area contributed by atoms with Crippen LogP contribution in [0, 0.1) is 0 Å². The molecule has 4 aromatic rings. The molecular formula is C23H24N4O4. The van der Waals surface area contributed by atoms with Crippen LogP contribution in [0.2, 0.25) is 0 Å². The highest BCUT2D eigenvalue weighted by molar-refractivity contribution is 5.89. The van der Waals surface area contributed by atoms with Gasteiger partial charge < -0.3 is 24.2 Å². The van der Waals surface area contributed by atoms with Crippen molar-refractivity contribution in [3.63, 3.8) is 0 Å². The summed E-state index contributed by atoms with van der Waals surface area (Å²) in [6, 6.07) is 15.1. The van der Waals surface area contributed by atoms with Crippen molar-refractivity contribution in [3.8, 4) is 0 Å². The van der Waals surface area contributed by atoms with Gasteiger partial charge in [-0.1, -0.05) is 30.3 Å². The number of benzene rings is 2. The third kappa shape index (κ3) is 4.29. The highest BCUT2D eigenvalue weighted by Crippen LogP contribution is 2.21. The number of para-hydroxylation sites is 3. The van der Waals surface area contributed by atoms with E-state index in [0.717, 1.165) is 16.5 Å². The number of carbonyl (C=O) groups is 1. The van der Waals surface area contributed by atoms with E-state index < -0.39 is 11.1 Å². The monoisotopic (exact) mass is 420 g/mol. The first-order valence-electron chi connectivity index (χ1n) is 10.1. The van der Waals surface area contributed by atoms with Gasteiger partial charge in [-0.05, 0) is 23.8 Å². The summed E-state index contributed by atoms with van der Waals surface area (Å²) in [4.78, 5) is 39.3. The fourth-order valence-corrected chi connectivity index (χ4v) is 3.83. The van der Waals surface area contributed by atoms with E-state index in [2.05, 4.69) is 14.9 Å². The van der Waals surface area contributed by atoms with Crippen LogP contribution in [0.1, 0.15) is 5.56 Å². The second-order valence-corrected chi connectivity index (χ2v) is 7.31. The lowest BCUT2D eigenvalue weighted by Crippen LogP contribution is -2.39. The van der Waals surface area contributed by atoms with Crippen molar-refractivity contribution >= 4 is 27.8 Å². The van der Waals surface area contributed by atoms with Crippen molar-refractivity contribution in [2.24, 2.45) is 0 Å². The highest BCUT2D eigenvalue weighted by atomic mass is 16.5. The molecule has 0 aliphatic carbocycles. The molecule has 0 saturated heterocycles. The molecule has 160 valence electrons. The van der Waals surface area contributed by atoms with Crippen molar-refractivity contribution in [1.29, 1.82) is 0 Å². The zero-order valence-corrected chi connectivity index (χ0v) is 17.3. The van der Waals surface area contributed by atoms with Crippen LogP contribution in [-0.4, -0.2) is 40.3 Å². The minimum atomic E-state index is -0.672. The Kier molecular flexibility index (Phi) is 5.99. The lowest BCUT2D eigenvalue weighted by molar-refractivity contribution is -0.120. The van der Waals surface area contributed by atoms with E-state index in [1.54, 1.807) is 31.4 Å². The molecule has 8 heteroatoms. The molecule has 8 nitrogen and oxygen atoms in total. The van der Waals surface area contributed by atoms with E-state index >= 15 is 0 Å². The second-order valence-electron chi connectivity index (χ2n) is 7.31. The van der Waals surface area contributed by atoms with Crippen molar-refractivity contribution < 1.29 is 9.53 Å². The average Bonchev–Trinajstić information content (AvgIpc) is 3.12. The van der Waals surface area contributed by atoms with Crippen molar-refractivity contribution in [2.75, 3.05) is 20.3 Å². The number of aromatic amines is 1. The summed E-state index contributed by atoms with van der Waals surface area (Å²) >= 11 is 0. The van der Waals surface area contributed by atoms with E-state index in [-0.39, 0.29) is 25.4 Å². The van der Waals surface area contributed by atoms with Crippen LogP contribution < -0.4 is 16.4 Å². The summed E-state index contributed by atoms with van der Waals surface area (Å²) < 4.78 is 8.66. The van der Waals surface area contributed by atoms with Crippen LogP contribution in [0.25, 0.3) is 21.9 Å². The molecule has 2 aromatic heterocycles. The van der Waals surface area contributed by atoms with Gasteiger partial charge in [-0.25, -0.2) is 0 Å². The molecule has 0 unspecified atom stereocenters. The largest absolute Gasteiger partial charge is 0.383 e. The van der Waals surface area contributed by atoms with Crippen LogP contribution in [0.3, 0.4) is 0 Å². The molecule has 0 spiro atoms. The summed E-state index contributed by atoms with van der Waals surface area (Å²) in [5.41, 5.74) is 1.90. The van der Waals surface area contributed by atoms with Gasteiger partial charge >= 0.3 is 11.1 Å². The van der Waals surface area contributed by atoms with Gasteiger partial charge in [0.05, 0.1) is 24.1 Å². The molecule has 31 heavy (non-hydrogen) atoms. The third-order valence-electron chi connectivity index (χ3n) is 5.30. The van der Waals surface area contributed by atoms with E-state index in [0.29, 0.717) is 24.2 Å². The van der Waals surface area contributed by atoms with Crippen molar-refractivity contribution in [2.45, 2.75) is 19.5 Å². The number of methoxy groups -OCH3 is 1. The smallest absolute Gasteiger partial charge is 0.316 e. The number of amides is 1. The van der Waals surface area contributed by atoms with Gasteiger partial charge in [0, 0.05) is 43.8 Å². The number of rotatable bonds is 8. The molecule has 0 aliphatic rings. The maximum absolute atomic E-state index is 12.6. The summed E-state index contributed by atoms with van der Waals surface area (Å²) in [6.45, 7) is 1.75. The minimum Gasteiger partial charge on any atom is -0.383 e. The zero-order valence-electron chi connectivity index (χ0n) is 17.3. The molecule has 0 fully saturated rings. The van der Waals surface area contributed by atoms with Gasteiger partial charge in [-0.2, -0.15) is 0 Å². The molecule has 2 N–H and O–H groups in total. The van der Waals surface area contributed by atoms with Gasteiger partial charge in [0.25, 0.3) is 0 Å². The first-order valence-corrected chi connectivity index (χ1v) is 10.1. The number of hydrogen-bond acceptors (Lipinski definition) is 4. The Morgan fingerprint density at radius 1 is 1.03 bits per heavy atom. The normalized spacial score (nSPS) is 11.3. The maximum Gasteiger partial charge on any atom is 0.316 e. The Labute approximate surface area is 178 Å². The zero-order chi connectivity index (χ0) is 21.8. The van der Waals surface area contributed by atoms with Crippen LogP contribution >= 0.6 is 0 Å². The molecule has 0 aliphatic heterocycles. The molecule has 0 bridgehead atoms. The lowest BCUT2D eigenvalue weighted by atomic mass is 10.1.